The van der Waals surface area contributed by atoms with Crippen molar-refractivity contribution in [3.63, 3.8) is 0 Å². The highest BCUT2D eigenvalue weighted by atomic mass is 32.2. The largest absolute Gasteiger partial charge is 0.480 e. The first kappa shape index (κ1) is 30.5. The number of aromatic amines is 1. The third kappa shape index (κ3) is 9.28. The summed E-state index contributed by atoms with van der Waals surface area (Å²) in [4.78, 5) is 53.4. The maximum Gasteiger partial charge on any atom is 0.327 e. The zero-order chi connectivity index (χ0) is 27.5. The van der Waals surface area contributed by atoms with Crippen LogP contribution in [0.5, 0.6) is 0 Å². The van der Waals surface area contributed by atoms with Gasteiger partial charge in [-0.1, -0.05) is 32.0 Å². The van der Waals surface area contributed by atoms with Crippen LogP contribution in [0.4, 0.5) is 0 Å². The van der Waals surface area contributed by atoms with E-state index in [2.05, 4.69) is 33.6 Å². The molecule has 7 N–H and O–H groups in total. The molecule has 4 unspecified atom stereocenters. The van der Waals surface area contributed by atoms with Crippen LogP contribution in [0.25, 0.3) is 10.9 Å². The lowest BCUT2D eigenvalue weighted by atomic mass is 10.0. The van der Waals surface area contributed by atoms with Gasteiger partial charge in [0.2, 0.25) is 17.7 Å². The number of hydrogen-bond acceptors (Lipinski definition) is 7. The molecule has 0 aliphatic rings. The SMILES string of the molecule is CSCCC(NC(=O)C(N)Cc1c[nH]c2ccccc12)C(=O)NC(CC(C)C)C(=O)NC(CS)C(=O)O. The quantitative estimate of drug-likeness (QED) is 0.164. The first-order chi connectivity index (χ1) is 17.6. The predicted octanol–water partition coefficient (Wildman–Crippen LogP) is 1.31. The molecule has 10 nitrogen and oxygen atoms in total. The van der Waals surface area contributed by atoms with Crippen molar-refractivity contribution in [2.75, 3.05) is 17.8 Å². The summed E-state index contributed by atoms with van der Waals surface area (Å²) in [5, 5.41) is 18.1. The van der Waals surface area contributed by atoms with Gasteiger partial charge in [-0.15, -0.1) is 0 Å². The number of nitrogens with one attached hydrogen (secondary N) is 4. The highest BCUT2D eigenvalue weighted by Gasteiger charge is 2.30. The summed E-state index contributed by atoms with van der Waals surface area (Å²) < 4.78 is 0. The Kier molecular flexibility index (Phi) is 12.3. The van der Waals surface area contributed by atoms with Crippen molar-refractivity contribution in [1.82, 2.24) is 20.9 Å². The summed E-state index contributed by atoms with van der Waals surface area (Å²) in [5.74, 6) is -2.29. The Morgan fingerprint density at radius 1 is 1.03 bits per heavy atom. The molecule has 0 aliphatic carbocycles. The summed E-state index contributed by atoms with van der Waals surface area (Å²) in [6, 6.07) is 3.76. The molecule has 0 bridgehead atoms. The van der Waals surface area contributed by atoms with Crippen LogP contribution in [-0.2, 0) is 25.6 Å². The summed E-state index contributed by atoms with van der Waals surface area (Å²) >= 11 is 5.49. The van der Waals surface area contributed by atoms with Gasteiger partial charge >= 0.3 is 5.97 Å². The number of aliphatic carboxylic acids is 1. The molecule has 1 aromatic carbocycles. The lowest BCUT2D eigenvalue weighted by Crippen LogP contribution is -2.57. The van der Waals surface area contributed by atoms with Gasteiger partial charge in [0.15, 0.2) is 0 Å². The molecule has 0 saturated heterocycles. The molecule has 12 heteroatoms. The highest BCUT2D eigenvalue weighted by Crippen LogP contribution is 2.19. The number of rotatable bonds is 15. The van der Waals surface area contributed by atoms with Crippen molar-refractivity contribution in [2.24, 2.45) is 11.7 Å². The Balaban J connectivity index is 2.10. The lowest BCUT2D eigenvalue weighted by molar-refractivity contribution is -0.141. The minimum atomic E-state index is -1.22. The number of thiol groups is 1. The van der Waals surface area contributed by atoms with Gasteiger partial charge in [0.1, 0.15) is 18.1 Å². The Hall–Kier alpha value is -2.70. The van der Waals surface area contributed by atoms with Crippen molar-refractivity contribution < 1.29 is 24.3 Å². The molecule has 204 valence electrons. The van der Waals surface area contributed by atoms with Crippen LogP contribution in [0.1, 0.15) is 32.3 Å². The summed E-state index contributed by atoms with van der Waals surface area (Å²) in [6.45, 7) is 3.77. The van der Waals surface area contributed by atoms with Crippen molar-refractivity contribution in [1.29, 1.82) is 0 Å². The second-order valence-corrected chi connectivity index (χ2v) is 10.6. The van der Waals surface area contributed by atoms with Crippen molar-refractivity contribution in [3.8, 4) is 0 Å². The number of aromatic nitrogens is 1. The van der Waals surface area contributed by atoms with E-state index in [4.69, 9.17) is 5.73 Å². The van der Waals surface area contributed by atoms with Crippen LogP contribution < -0.4 is 21.7 Å². The van der Waals surface area contributed by atoms with E-state index in [1.165, 1.54) is 11.8 Å². The van der Waals surface area contributed by atoms with E-state index in [-0.39, 0.29) is 18.1 Å². The van der Waals surface area contributed by atoms with Gasteiger partial charge in [-0.2, -0.15) is 24.4 Å². The minimum Gasteiger partial charge on any atom is -0.480 e. The Labute approximate surface area is 226 Å². The molecule has 3 amide bonds. The first-order valence-electron chi connectivity index (χ1n) is 12.1. The molecule has 37 heavy (non-hydrogen) atoms. The Morgan fingerprint density at radius 3 is 2.27 bits per heavy atom. The average Bonchev–Trinajstić information content (AvgIpc) is 3.26. The summed E-state index contributed by atoms with van der Waals surface area (Å²) in [7, 11) is 0. The van der Waals surface area contributed by atoms with E-state index in [0.717, 1.165) is 16.5 Å². The first-order valence-corrected chi connectivity index (χ1v) is 14.1. The highest BCUT2D eigenvalue weighted by molar-refractivity contribution is 7.98. The number of carbonyl (C=O) groups is 4. The number of carboxylic acid groups (broad SMARTS) is 1. The van der Waals surface area contributed by atoms with Gasteiger partial charge in [-0.05, 0) is 48.8 Å². The topological polar surface area (TPSA) is 166 Å². The maximum absolute atomic E-state index is 13.2. The van der Waals surface area contributed by atoms with Gasteiger partial charge in [0, 0.05) is 22.9 Å². The van der Waals surface area contributed by atoms with Crippen molar-refractivity contribution >= 4 is 59.0 Å². The van der Waals surface area contributed by atoms with Crippen molar-refractivity contribution in [3.05, 3.63) is 36.0 Å². The number of para-hydroxylation sites is 1. The predicted molar refractivity (Wildman–Crippen MR) is 150 cm³/mol. The fraction of sp³-hybridized carbons (Fsp3) is 0.520. The van der Waals surface area contributed by atoms with Gasteiger partial charge in [-0.3, -0.25) is 14.4 Å². The van der Waals surface area contributed by atoms with E-state index in [9.17, 15) is 24.3 Å². The second-order valence-electron chi connectivity index (χ2n) is 9.29. The molecule has 4 atom stereocenters. The van der Waals surface area contributed by atoms with Crippen LogP contribution in [0, 0.1) is 5.92 Å². The zero-order valence-electron chi connectivity index (χ0n) is 21.3. The zero-order valence-corrected chi connectivity index (χ0v) is 23.0. The number of hydrogen-bond donors (Lipinski definition) is 7. The number of nitrogens with two attached hydrogens (primary N) is 1. The number of amides is 3. The summed E-state index contributed by atoms with van der Waals surface area (Å²) in [6.07, 6.45) is 4.62. The maximum atomic E-state index is 13.2. The molecule has 0 saturated carbocycles. The lowest BCUT2D eigenvalue weighted by Gasteiger charge is -2.26. The fourth-order valence-corrected chi connectivity index (χ4v) is 4.57. The van der Waals surface area contributed by atoms with Crippen LogP contribution in [-0.4, -0.2) is 75.7 Å². The molecule has 1 aromatic heterocycles. The van der Waals surface area contributed by atoms with Gasteiger partial charge in [-0.25, -0.2) is 4.79 Å². The van der Waals surface area contributed by atoms with Gasteiger partial charge < -0.3 is 31.8 Å². The van der Waals surface area contributed by atoms with Crippen LogP contribution in [0.3, 0.4) is 0 Å². The van der Waals surface area contributed by atoms with Gasteiger partial charge in [0.05, 0.1) is 6.04 Å². The van der Waals surface area contributed by atoms with E-state index in [1.807, 2.05) is 50.6 Å². The molecule has 0 fully saturated rings. The van der Waals surface area contributed by atoms with E-state index in [1.54, 1.807) is 0 Å². The average molecular weight is 552 g/mol. The number of fused-ring (bicyclic) bond motifs is 1. The molecule has 2 aromatic rings. The number of H-pyrrole nitrogens is 1. The van der Waals surface area contributed by atoms with Crippen LogP contribution in [0.2, 0.25) is 0 Å². The van der Waals surface area contributed by atoms with E-state index in [0.29, 0.717) is 18.6 Å². The normalized spacial score (nSPS) is 14.5. The summed E-state index contributed by atoms with van der Waals surface area (Å²) in [5.41, 5.74) is 8.04. The molecular formula is C25H37N5O5S2. The van der Waals surface area contributed by atoms with E-state index >= 15 is 0 Å². The molecule has 1 heterocycles. The number of thioether (sulfide) groups is 1. The minimum absolute atomic E-state index is 0.0409. The van der Waals surface area contributed by atoms with E-state index < -0.39 is 47.9 Å². The van der Waals surface area contributed by atoms with Crippen molar-refractivity contribution in [2.45, 2.75) is 57.3 Å². The Morgan fingerprint density at radius 2 is 1.65 bits per heavy atom. The third-order valence-corrected chi connectivity index (χ3v) is 6.84. The smallest absolute Gasteiger partial charge is 0.327 e. The van der Waals surface area contributed by atoms with Crippen LogP contribution >= 0.6 is 24.4 Å². The molecule has 2 rings (SSSR count). The molecule has 0 spiro atoms. The second kappa shape index (κ2) is 14.9. The number of benzene rings is 1. The van der Waals surface area contributed by atoms with Crippen LogP contribution in [0.15, 0.2) is 30.5 Å². The molecule has 0 aliphatic heterocycles. The molecule has 0 radical (unpaired) electrons. The molecular weight excluding hydrogens is 514 g/mol. The fourth-order valence-electron chi connectivity index (χ4n) is 3.85. The number of carbonyl (C=O) groups excluding carboxylic acids is 3. The Bertz CT molecular complexity index is 1080. The van der Waals surface area contributed by atoms with Gasteiger partial charge in [0.25, 0.3) is 0 Å². The standard InChI is InChI=1S/C25H37N5O5S2/c1-14(2)10-20(24(33)30-21(13-36)25(34)35)29-23(32)19(8-9-37-3)28-22(31)17(26)11-15-12-27-18-7-5-4-6-16(15)18/h4-7,12,14,17,19-21,27,36H,8-11,13,26H2,1-3H3,(H,28,31)(H,29,32)(H,30,33)(H,34,35). The monoisotopic (exact) mass is 551 g/mol. The number of carboxylic acids is 1. The third-order valence-electron chi connectivity index (χ3n) is 5.83.